The number of carbonyl (C=O) groups is 2. The highest BCUT2D eigenvalue weighted by molar-refractivity contribution is 7.17. The molecule has 1 aliphatic rings. The van der Waals surface area contributed by atoms with E-state index in [4.69, 9.17) is 4.74 Å². The minimum Gasteiger partial charge on any atom is -0.497 e. The number of hydrogen-bond donors (Lipinski definition) is 0. The van der Waals surface area contributed by atoms with Crippen LogP contribution in [-0.4, -0.2) is 24.3 Å². The molecule has 1 heterocycles. The average molecular weight is 330 g/mol. The molecule has 0 spiro atoms. The van der Waals surface area contributed by atoms with Crippen LogP contribution in [0.3, 0.4) is 0 Å². The highest BCUT2D eigenvalue weighted by Crippen LogP contribution is 2.40. The van der Waals surface area contributed by atoms with Crippen molar-refractivity contribution in [1.82, 2.24) is 4.98 Å². The second kappa shape index (κ2) is 5.77. The Labute approximate surface area is 138 Å². The Kier molecular flexibility index (Phi) is 3.93. The molecule has 0 N–H and O–H groups in total. The summed E-state index contributed by atoms with van der Waals surface area (Å²) in [5, 5.41) is 0.529. The van der Waals surface area contributed by atoms with E-state index < -0.39 is 0 Å². The van der Waals surface area contributed by atoms with Gasteiger partial charge in [0, 0.05) is 6.42 Å². The standard InChI is InChI=1S/C17H18N2O3S/c1-17(2)8-13-15(14(21)9-17)23-16(18-13)19(10-20)11-4-6-12(22-3)7-5-11/h4-7,10H,8-9H2,1-3H3. The molecular weight excluding hydrogens is 312 g/mol. The molecule has 0 unspecified atom stereocenters. The first-order chi connectivity index (χ1) is 10.9. The molecule has 0 atom stereocenters. The van der Waals surface area contributed by atoms with Gasteiger partial charge in [-0.25, -0.2) is 4.98 Å². The third-order valence-electron chi connectivity index (χ3n) is 3.89. The van der Waals surface area contributed by atoms with E-state index in [9.17, 15) is 9.59 Å². The topological polar surface area (TPSA) is 59.5 Å². The van der Waals surface area contributed by atoms with Crippen LogP contribution >= 0.6 is 11.3 Å². The van der Waals surface area contributed by atoms with Crippen LogP contribution in [0.5, 0.6) is 5.75 Å². The summed E-state index contributed by atoms with van der Waals surface area (Å²) < 4.78 is 5.13. The molecule has 1 aromatic heterocycles. The fraction of sp³-hybridized carbons (Fsp3) is 0.353. The molecule has 0 saturated carbocycles. The van der Waals surface area contributed by atoms with Gasteiger partial charge in [-0.05, 0) is 36.1 Å². The SMILES string of the molecule is COc1ccc(N(C=O)c2nc3c(s2)C(=O)CC(C)(C)C3)cc1. The molecule has 23 heavy (non-hydrogen) atoms. The predicted molar refractivity (Wildman–Crippen MR) is 89.7 cm³/mol. The van der Waals surface area contributed by atoms with Crippen LogP contribution in [-0.2, 0) is 11.2 Å². The van der Waals surface area contributed by atoms with Gasteiger partial charge in [0.05, 0.1) is 23.4 Å². The lowest BCUT2D eigenvalue weighted by molar-refractivity contribution is -0.106. The number of fused-ring (bicyclic) bond motifs is 1. The van der Waals surface area contributed by atoms with Crippen molar-refractivity contribution in [2.75, 3.05) is 12.0 Å². The summed E-state index contributed by atoms with van der Waals surface area (Å²) in [6.45, 7) is 4.13. The van der Waals surface area contributed by atoms with Gasteiger partial charge in [-0.1, -0.05) is 25.2 Å². The van der Waals surface area contributed by atoms with Gasteiger partial charge in [-0.2, -0.15) is 0 Å². The number of anilines is 2. The predicted octanol–water partition coefficient (Wildman–Crippen LogP) is 3.60. The summed E-state index contributed by atoms with van der Waals surface area (Å²) in [4.78, 5) is 30.5. The summed E-state index contributed by atoms with van der Waals surface area (Å²) in [5.41, 5.74) is 1.41. The van der Waals surface area contributed by atoms with Crippen LogP contribution in [0.15, 0.2) is 24.3 Å². The second-order valence-electron chi connectivity index (χ2n) is 6.39. The fourth-order valence-corrected chi connectivity index (χ4v) is 3.78. The number of methoxy groups -OCH3 is 1. The van der Waals surface area contributed by atoms with Crippen molar-refractivity contribution in [3.8, 4) is 5.75 Å². The van der Waals surface area contributed by atoms with Gasteiger partial charge in [0.2, 0.25) is 6.41 Å². The summed E-state index contributed by atoms with van der Waals surface area (Å²) in [6, 6.07) is 7.15. The van der Waals surface area contributed by atoms with Gasteiger partial charge in [0.25, 0.3) is 0 Å². The normalized spacial score (nSPS) is 15.9. The fourth-order valence-electron chi connectivity index (χ4n) is 2.77. The van der Waals surface area contributed by atoms with Crippen molar-refractivity contribution in [3.63, 3.8) is 0 Å². The van der Waals surface area contributed by atoms with Crippen LogP contribution in [0.1, 0.15) is 35.6 Å². The van der Waals surface area contributed by atoms with Gasteiger partial charge < -0.3 is 4.74 Å². The van der Waals surface area contributed by atoms with Crippen molar-refractivity contribution in [3.05, 3.63) is 34.8 Å². The molecular formula is C17H18N2O3S. The van der Waals surface area contributed by atoms with Crippen molar-refractivity contribution in [1.29, 1.82) is 0 Å². The maximum absolute atomic E-state index is 12.3. The summed E-state index contributed by atoms with van der Waals surface area (Å²) >= 11 is 1.28. The Morgan fingerprint density at radius 1 is 1.26 bits per heavy atom. The maximum atomic E-state index is 12.3. The lowest BCUT2D eigenvalue weighted by atomic mass is 9.78. The first kappa shape index (κ1) is 15.7. The molecule has 1 aliphatic carbocycles. The molecule has 0 fully saturated rings. The molecule has 1 amide bonds. The van der Waals surface area contributed by atoms with E-state index in [0.717, 1.165) is 24.3 Å². The molecule has 120 valence electrons. The minimum atomic E-state index is -0.0818. The molecule has 5 nitrogen and oxygen atoms in total. The Hall–Kier alpha value is -2.21. The van der Waals surface area contributed by atoms with Crippen LogP contribution in [0.2, 0.25) is 0 Å². The number of aromatic nitrogens is 1. The third-order valence-corrected chi connectivity index (χ3v) is 5.02. The van der Waals surface area contributed by atoms with Gasteiger partial charge in [0.1, 0.15) is 5.75 Å². The molecule has 0 bridgehead atoms. The summed E-state index contributed by atoms with van der Waals surface area (Å²) in [7, 11) is 1.59. The lowest BCUT2D eigenvalue weighted by Crippen LogP contribution is -2.26. The van der Waals surface area contributed by atoms with E-state index in [0.29, 0.717) is 22.1 Å². The number of nitrogens with zero attached hydrogens (tertiary/aromatic N) is 2. The number of amides is 1. The van der Waals surface area contributed by atoms with Crippen molar-refractivity contribution < 1.29 is 14.3 Å². The Bertz CT molecular complexity index is 750. The minimum absolute atomic E-state index is 0.0818. The summed E-state index contributed by atoms with van der Waals surface area (Å²) in [5.74, 6) is 0.829. The smallest absolute Gasteiger partial charge is 0.220 e. The number of benzene rings is 1. The van der Waals surface area contributed by atoms with E-state index in [1.807, 2.05) is 0 Å². The van der Waals surface area contributed by atoms with Crippen LogP contribution < -0.4 is 9.64 Å². The molecule has 2 aromatic rings. The zero-order valence-electron chi connectivity index (χ0n) is 13.3. The van der Waals surface area contributed by atoms with Gasteiger partial charge in [-0.15, -0.1) is 0 Å². The van der Waals surface area contributed by atoms with Gasteiger partial charge in [0.15, 0.2) is 10.9 Å². The van der Waals surface area contributed by atoms with Crippen molar-refractivity contribution >= 4 is 34.3 Å². The van der Waals surface area contributed by atoms with E-state index in [-0.39, 0.29) is 11.2 Å². The number of hydrogen-bond acceptors (Lipinski definition) is 5. The Balaban J connectivity index is 1.97. The first-order valence-electron chi connectivity index (χ1n) is 7.35. The Morgan fingerprint density at radius 3 is 2.57 bits per heavy atom. The largest absolute Gasteiger partial charge is 0.497 e. The number of thiazole rings is 1. The van der Waals surface area contributed by atoms with Crippen LogP contribution in [0, 0.1) is 5.41 Å². The highest BCUT2D eigenvalue weighted by Gasteiger charge is 2.34. The first-order valence-corrected chi connectivity index (χ1v) is 8.17. The number of rotatable bonds is 4. The quantitative estimate of drug-likeness (QED) is 0.804. The number of Topliss-reactive ketones (excluding diaryl/α,β-unsaturated/α-hetero) is 1. The molecule has 3 rings (SSSR count). The monoisotopic (exact) mass is 330 g/mol. The molecule has 0 radical (unpaired) electrons. The summed E-state index contributed by atoms with van der Waals surface area (Å²) in [6.07, 6.45) is 1.99. The number of carbonyl (C=O) groups excluding carboxylic acids is 2. The molecule has 1 aromatic carbocycles. The van der Waals surface area contributed by atoms with E-state index >= 15 is 0 Å². The molecule has 6 heteroatoms. The zero-order valence-corrected chi connectivity index (χ0v) is 14.1. The van der Waals surface area contributed by atoms with E-state index in [1.54, 1.807) is 31.4 Å². The van der Waals surface area contributed by atoms with Crippen LogP contribution in [0.25, 0.3) is 0 Å². The average Bonchev–Trinajstić information content (AvgIpc) is 2.91. The van der Waals surface area contributed by atoms with Crippen molar-refractivity contribution in [2.24, 2.45) is 5.41 Å². The lowest BCUT2D eigenvalue weighted by Gasteiger charge is -2.26. The van der Waals surface area contributed by atoms with Crippen molar-refractivity contribution in [2.45, 2.75) is 26.7 Å². The molecule has 0 aliphatic heterocycles. The Morgan fingerprint density at radius 2 is 1.96 bits per heavy atom. The zero-order chi connectivity index (χ0) is 16.6. The van der Waals surface area contributed by atoms with E-state index in [2.05, 4.69) is 18.8 Å². The second-order valence-corrected chi connectivity index (χ2v) is 7.36. The number of ketones is 1. The number of ether oxygens (including phenoxy) is 1. The third kappa shape index (κ3) is 2.99. The maximum Gasteiger partial charge on any atom is 0.220 e. The highest BCUT2D eigenvalue weighted by atomic mass is 32.1. The molecule has 0 saturated heterocycles. The van der Waals surface area contributed by atoms with E-state index in [1.165, 1.54) is 16.2 Å². The van der Waals surface area contributed by atoms with Crippen LogP contribution in [0.4, 0.5) is 10.8 Å². The van der Waals surface area contributed by atoms with Gasteiger partial charge >= 0.3 is 0 Å². The van der Waals surface area contributed by atoms with Gasteiger partial charge in [-0.3, -0.25) is 14.5 Å².